The van der Waals surface area contributed by atoms with Crippen LogP contribution in [0.5, 0.6) is 5.75 Å². The van der Waals surface area contributed by atoms with Crippen LogP contribution in [0.4, 0.5) is 5.69 Å². The minimum absolute atomic E-state index is 0.00872. The zero-order valence-corrected chi connectivity index (χ0v) is 21.8. The molecule has 2 aliphatic rings. The van der Waals surface area contributed by atoms with E-state index in [0.717, 1.165) is 16.9 Å². The molecule has 7 nitrogen and oxygen atoms in total. The third-order valence-corrected chi connectivity index (χ3v) is 7.07. The second-order valence-corrected chi connectivity index (χ2v) is 10.5. The molecule has 0 aliphatic carbocycles. The molecule has 3 aromatic carbocycles. The van der Waals surface area contributed by atoms with Crippen molar-refractivity contribution in [1.82, 2.24) is 0 Å². The van der Waals surface area contributed by atoms with Crippen LogP contribution in [0.2, 0.25) is 0 Å². The zero-order chi connectivity index (χ0) is 27.2. The van der Waals surface area contributed by atoms with Gasteiger partial charge in [0.25, 0.3) is 11.7 Å². The van der Waals surface area contributed by atoms with Crippen LogP contribution in [0, 0.1) is 0 Å². The molecule has 2 aliphatic heterocycles. The molecule has 0 bridgehead atoms. The van der Waals surface area contributed by atoms with Gasteiger partial charge < -0.3 is 14.6 Å². The Kier molecular flexibility index (Phi) is 6.31. The summed E-state index contributed by atoms with van der Waals surface area (Å²) in [7, 11) is 1.29. The summed E-state index contributed by atoms with van der Waals surface area (Å²) in [6.07, 6.45) is 0.703. The SMILES string of the molecule is COC(=O)c1ccc(N2C(=O)C(=O)/C(=C(\O)c3ccc4c(c3)CCO4)C2c2ccc(C(C)(C)C)cc2)cc1. The first-order chi connectivity index (χ1) is 18.1. The van der Waals surface area contributed by atoms with Crippen LogP contribution < -0.4 is 9.64 Å². The van der Waals surface area contributed by atoms with E-state index in [-0.39, 0.29) is 16.7 Å². The van der Waals surface area contributed by atoms with Crippen molar-refractivity contribution in [3.05, 3.63) is 100 Å². The number of aliphatic hydroxyl groups is 1. The highest BCUT2D eigenvalue weighted by Crippen LogP contribution is 2.43. The van der Waals surface area contributed by atoms with Gasteiger partial charge in [-0.15, -0.1) is 0 Å². The summed E-state index contributed by atoms with van der Waals surface area (Å²) in [5, 5.41) is 11.4. The second kappa shape index (κ2) is 9.49. The molecule has 38 heavy (non-hydrogen) atoms. The summed E-state index contributed by atoms with van der Waals surface area (Å²) in [5.41, 5.74) is 3.83. The first-order valence-electron chi connectivity index (χ1n) is 12.5. The van der Waals surface area contributed by atoms with Gasteiger partial charge >= 0.3 is 5.97 Å². The first-order valence-corrected chi connectivity index (χ1v) is 12.5. The van der Waals surface area contributed by atoms with Gasteiger partial charge in [0.05, 0.1) is 30.9 Å². The number of carbonyl (C=O) groups is 3. The molecule has 3 aromatic rings. The van der Waals surface area contributed by atoms with E-state index in [2.05, 4.69) is 20.8 Å². The van der Waals surface area contributed by atoms with Crippen LogP contribution >= 0.6 is 0 Å². The number of benzene rings is 3. The Bertz CT molecular complexity index is 1460. The number of nitrogens with zero attached hydrogens (tertiary/aromatic N) is 1. The fourth-order valence-electron chi connectivity index (χ4n) is 4.94. The average molecular weight is 512 g/mol. The lowest BCUT2D eigenvalue weighted by molar-refractivity contribution is -0.132. The molecule has 5 rings (SSSR count). The fraction of sp³-hybridized carbons (Fsp3) is 0.258. The van der Waals surface area contributed by atoms with E-state index in [1.165, 1.54) is 12.0 Å². The minimum atomic E-state index is -0.863. The van der Waals surface area contributed by atoms with Crippen molar-refractivity contribution in [1.29, 1.82) is 0 Å². The van der Waals surface area contributed by atoms with E-state index in [0.29, 0.717) is 35.4 Å². The number of esters is 1. The number of aliphatic hydroxyl groups excluding tert-OH is 1. The summed E-state index contributed by atoms with van der Waals surface area (Å²) in [5.74, 6) is -1.53. The van der Waals surface area contributed by atoms with E-state index in [4.69, 9.17) is 9.47 Å². The molecule has 0 radical (unpaired) electrons. The molecule has 2 heterocycles. The topological polar surface area (TPSA) is 93.1 Å². The molecular formula is C31H29NO6. The Balaban J connectivity index is 1.66. The molecule has 1 saturated heterocycles. The summed E-state index contributed by atoms with van der Waals surface area (Å²) in [6.45, 7) is 6.88. The van der Waals surface area contributed by atoms with Crippen LogP contribution in [0.3, 0.4) is 0 Å². The maximum Gasteiger partial charge on any atom is 0.337 e. The van der Waals surface area contributed by atoms with Crippen LogP contribution in [0.1, 0.15) is 59.4 Å². The maximum atomic E-state index is 13.5. The Morgan fingerprint density at radius 3 is 2.26 bits per heavy atom. The molecule has 1 amide bonds. The van der Waals surface area contributed by atoms with Gasteiger partial charge in [-0.3, -0.25) is 14.5 Å². The third-order valence-electron chi connectivity index (χ3n) is 7.07. The number of hydrogen-bond acceptors (Lipinski definition) is 6. The van der Waals surface area contributed by atoms with Crippen molar-refractivity contribution in [2.45, 2.75) is 38.6 Å². The molecule has 0 spiro atoms. The van der Waals surface area contributed by atoms with E-state index in [1.807, 2.05) is 24.3 Å². The molecule has 0 aromatic heterocycles. The lowest BCUT2D eigenvalue weighted by atomic mass is 9.85. The molecule has 1 atom stereocenters. The summed E-state index contributed by atoms with van der Waals surface area (Å²) in [4.78, 5) is 40.2. The molecule has 1 unspecified atom stereocenters. The first kappa shape index (κ1) is 25.3. The van der Waals surface area contributed by atoms with Crippen molar-refractivity contribution in [2.75, 3.05) is 18.6 Å². The lowest BCUT2D eigenvalue weighted by Gasteiger charge is -2.26. The van der Waals surface area contributed by atoms with Crippen LogP contribution in [0.25, 0.3) is 5.76 Å². The molecule has 7 heteroatoms. The predicted octanol–water partition coefficient (Wildman–Crippen LogP) is 5.33. The Morgan fingerprint density at radius 2 is 1.63 bits per heavy atom. The van der Waals surface area contributed by atoms with Crippen molar-refractivity contribution < 1.29 is 29.0 Å². The second-order valence-electron chi connectivity index (χ2n) is 10.5. The third kappa shape index (κ3) is 4.34. The largest absolute Gasteiger partial charge is 0.507 e. The smallest absolute Gasteiger partial charge is 0.337 e. The normalized spacial score (nSPS) is 18.3. The Morgan fingerprint density at radius 1 is 0.974 bits per heavy atom. The Hall–Kier alpha value is -4.39. The number of rotatable bonds is 4. The standard InChI is InChI=1S/C31H29NO6/c1-31(2,3)22-10-5-18(6-11-22)26-25(27(33)21-9-14-24-20(17-21)15-16-38-24)28(34)29(35)32(26)23-12-7-19(8-13-23)30(36)37-4/h5-14,17,26,33H,15-16H2,1-4H3/b27-25-. The van der Waals surface area contributed by atoms with Gasteiger partial charge in [0.15, 0.2) is 0 Å². The van der Waals surface area contributed by atoms with Gasteiger partial charge in [0.1, 0.15) is 11.5 Å². The quantitative estimate of drug-likeness (QED) is 0.220. The number of hydrogen-bond donors (Lipinski definition) is 1. The number of ketones is 1. The highest BCUT2D eigenvalue weighted by molar-refractivity contribution is 6.51. The van der Waals surface area contributed by atoms with Crippen LogP contribution in [-0.2, 0) is 26.2 Å². The predicted molar refractivity (Wildman–Crippen MR) is 143 cm³/mol. The number of carbonyl (C=O) groups excluding carboxylic acids is 3. The van der Waals surface area contributed by atoms with Crippen molar-refractivity contribution in [3.8, 4) is 5.75 Å². The molecule has 1 fully saturated rings. The molecule has 1 N–H and O–H groups in total. The zero-order valence-electron chi connectivity index (χ0n) is 21.8. The number of amides is 1. The van der Waals surface area contributed by atoms with E-state index >= 15 is 0 Å². The fourth-order valence-corrected chi connectivity index (χ4v) is 4.94. The van der Waals surface area contributed by atoms with Crippen molar-refractivity contribution in [3.63, 3.8) is 0 Å². The van der Waals surface area contributed by atoms with Crippen LogP contribution in [-0.4, -0.2) is 36.5 Å². The highest BCUT2D eigenvalue weighted by atomic mass is 16.5. The van der Waals surface area contributed by atoms with Gasteiger partial charge in [-0.05, 0) is 64.6 Å². The van der Waals surface area contributed by atoms with Gasteiger partial charge in [-0.1, -0.05) is 45.0 Å². The summed E-state index contributed by atoms with van der Waals surface area (Å²) in [6, 6.07) is 18.4. The number of fused-ring (bicyclic) bond motifs is 1. The summed E-state index contributed by atoms with van der Waals surface area (Å²) < 4.78 is 10.4. The Labute approximate surface area is 221 Å². The van der Waals surface area contributed by atoms with Gasteiger partial charge in [-0.2, -0.15) is 0 Å². The van der Waals surface area contributed by atoms with Gasteiger partial charge in [0, 0.05) is 17.7 Å². The average Bonchev–Trinajstić information content (AvgIpc) is 3.49. The van der Waals surface area contributed by atoms with Crippen molar-refractivity contribution >= 4 is 29.1 Å². The lowest BCUT2D eigenvalue weighted by Crippen LogP contribution is -2.29. The minimum Gasteiger partial charge on any atom is -0.507 e. The number of Topliss-reactive ketones (excluding diaryl/α,β-unsaturated/α-hetero) is 1. The number of ether oxygens (including phenoxy) is 2. The van der Waals surface area contributed by atoms with E-state index in [9.17, 15) is 19.5 Å². The molecular weight excluding hydrogens is 482 g/mol. The van der Waals surface area contributed by atoms with E-state index < -0.39 is 23.7 Å². The van der Waals surface area contributed by atoms with Crippen LogP contribution in [0.15, 0.2) is 72.3 Å². The highest BCUT2D eigenvalue weighted by Gasteiger charge is 2.47. The number of methoxy groups -OCH3 is 1. The van der Waals surface area contributed by atoms with Gasteiger partial charge in [-0.25, -0.2) is 4.79 Å². The molecule has 0 saturated carbocycles. The summed E-state index contributed by atoms with van der Waals surface area (Å²) >= 11 is 0. The molecule has 194 valence electrons. The monoisotopic (exact) mass is 511 g/mol. The van der Waals surface area contributed by atoms with Crippen molar-refractivity contribution in [2.24, 2.45) is 0 Å². The van der Waals surface area contributed by atoms with Gasteiger partial charge in [0.2, 0.25) is 0 Å². The number of anilines is 1. The van der Waals surface area contributed by atoms with E-state index in [1.54, 1.807) is 42.5 Å². The maximum absolute atomic E-state index is 13.5.